The summed E-state index contributed by atoms with van der Waals surface area (Å²) in [5.41, 5.74) is 0.215. The number of ether oxygens (including phenoxy) is 1. The summed E-state index contributed by atoms with van der Waals surface area (Å²) in [6, 6.07) is 0. The van der Waals surface area contributed by atoms with Gasteiger partial charge in [-0.2, -0.15) is 0 Å². The maximum atomic E-state index is 11.2. The Labute approximate surface area is 159 Å². The van der Waals surface area contributed by atoms with Crippen LogP contribution in [0.15, 0.2) is 12.3 Å². The summed E-state index contributed by atoms with van der Waals surface area (Å²) in [6.45, 7) is 13.1. The van der Waals surface area contributed by atoms with Crippen LogP contribution in [-0.4, -0.2) is 28.5 Å². The Bertz CT molecular complexity index is 588. The second-order valence-electron chi connectivity index (χ2n) is 10.8. The van der Waals surface area contributed by atoms with Crippen LogP contribution in [0, 0.1) is 34.0 Å². The molecule has 4 aliphatic carbocycles. The lowest BCUT2D eigenvalue weighted by atomic mass is 9.40. The van der Waals surface area contributed by atoms with E-state index in [4.69, 9.17) is 4.74 Å². The van der Waals surface area contributed by atoms with Gasteiger partial charge < -0.3 is 14.9 Å². The van der Waals surface area contributed by atoms with Crippen molar-refractivity contribution in [3.05, 3.63) is 12.3 Å². The molecule has 148 valence electrons. The molecule has 0 spiro atoms. The van der Waals surface area contributed by atoms with Crippen LogP contribution in [0.4, 0.5) is 0 Å². The van der Waals surface area contributed by atoms with E-state index in [0.717, 1.165) is 37.9 Å². The van der Waals surface area contributed by atoms with Crippen LogP contribution in [0.5, 0.6) is 0 Å². The number of hydrogen-bond donors (Lipinski definition) is 2. The van der Waals surface area contributed by atoms with Crippen molar-refractivity contribution in [1.82, 2.24) is 0 Å². The van der Waals surface area contributed by atoms with Gasteiger partial charge in [-0.3, -0.25) is 0 Å². The van der Waals surface area contributed by atoms with E-state index in [1.54, 1.807) is 0 Å². The molecular formula is C23H38O3. The Kier molecular flexibility index (Phi) is 4.32. The van der Waals surface area contributed by atoms with Crippen LogP contribution >= 0.6 is 0 Å². The van der Waals surface area contributed by atoms with Crippen LogP contribution < -0.4 is 0 Å². The molecule has 4 aliphatic rings. The molecule has 0 aromatic carbocycles. The molecule has 0 aromatic heterocycles. The van der Waals surface area contributed by atoms with Gasteiger partial charge in [0.25, 0.3) is 0 Å². The average molecular weight is 363 g/mol. The van der Waals surface area contributed by atoms with Gasteiger partial charge in [-0.25, -0.2) is 0 Å². The smallest absolute Gasteiger partial charge is 0.104 e. The Morgan fingerprint density at radius 3 is 2.38 bits per heavy atom. The molecule has 0 bridgehead atoms. The molecule has 0 radical (unpaired) electrons. The van der Waals surface area contributed by atoms with Crippen molar-refractivity contribution >= 4 is 0 Å². The summed E-state index contributed by atoms with van der Waals surface area (Å²) in [5.74, 6) is 2.75. The van der Waals surface area contributed by atoms with E-state index in [9.17, 15) is 10.2 Å². The Balaban J connectivity index is 1.65. The molecule has 4 fully saturated rings. The van der Waals surface area contributed by atoms with E-state index in [-0.39, 0.29) is 34.6 Å². The Morgan fingerprint density at radius 2 is 1.69 bits per heavy atom. The largest absolute Gasteiger partial charge is 0.495 e. The first-order chi connectivity index (χ1) is 12.1. The van der Waals surface area contributed by atoms with E-state index in [1.165, 1.54) is 19.3 Å². The summed E-state index contributed by atoms with van der Waals surface area (Å²) in [6.07, 6.45) is 8.17. The van der Waals surface area contributed by atoms with E-state index in [1.807, 2.05) is 6.92 Å². The summed E-state index contributed by atoms with van der Waals surface area (Å²) in [7, 11) is 0. The number of rotatable bonds is 2. The number of fused-ring (bicyclic) bond motifs is 5. The van der Waals surface area contributed by atoms with Crippen LogP contribution in [0.1, 0.15) is 79.1 Å². The van der Waals surface area contributed by atoms with E-state index < -0.39 is 0 Å². The quantitative estimate of drug-likeness (QED) is 0.702. The number of allylic oxidation sites excluding steroid dienone is 1. The van der Waals surface area contributed by atoms with E-state index in [2.05, 4.69) is 27.4 Å². The topological polar surface area (TPSA) is 49.7 Å². The second kappa shape index (κ2) is 5.98. The molecule has 4 rings (SSSR count). The summed E-state index contributed by atoms with van der Waals surface area (Å²) in [5, 5.41) is 21.6. The highest BCUT2D eigenvalue weighted by Crippen LogP contribution is 2.70. The average Bonchev–Trinajstić information content (AvgIpc) is 2.87. The number of hydrogen-bond acceptors (Lipinski definition) is 3. The normalized spacial score (nSPS) is 56.2. The zero-order chi connectivity index (χ0) is 18.9. The highest BCUT2D eigenvalue weighted by atomic mass is 16.5. The maximum Gasteiger partial charge on any atom is 0.104 e. The number of aliphatic hydroxyl groups excluding tert-OH is 2. The van der Waals surface area contributed by atoms with Gasteiger partial charge in [0.05, 0.1) is 18.0 Å². The lowest BCUT2D eigenvalue weighted by Crippen LogP contribution is -2.63. The molecular weight excluding hydrogens is 324 g/mol. The molecule has 0 aliphatic heterocycles. The lowest BCUT2D eigenvalue weighted by molar-refractivity contribution is -0.221. The molecule has 0 amide bonds. The Morgan fingerprint density at radius 1 is 0.962 bits per heavy atom. The molecule has 3 heteroatoms. The van der Waals surface area contributed by atoms with E-state index in [0.29, 0.717) is 17.8 Å². The zero-order valence-corrected chi connectivity index (χ0v) is 17.1. The van der Waals surface area contributed by atoms with Gasteiger partial charge in [0.2, 0.25) is 0 Å². The van der Waals surface area contributed by atoms with Gasteiger partial charge >= 0.3 is 0 Å². The van der Waals surface area contributed by atoms with Gasteiger partial charge in [-0.1, -0.05) is 27.4 Å². The predicted molar refractivity (Wildman–Crippen MR) is 103 cm³/mol. The summed E-state index contributed by atoms with van der Waals surface area (Å²) in [4.78, 5) is 0. The van der Waals surface area contributed by atoms with Crippen molar-refractivity contribution < 1.29 is 14.9 Å². The van der Waals surface area contributed by atoms with Crippen molar-refractivity contribution in [2.24, 2.45) is 34.0 Å². The summed E-state index contributed by atoms with van der Waals surface area (Å²) < 4.78 is 6.17. The van der Waals surface area contributed by atoms with Crippen molar-refractivity contribution in [2.75, 3.05) is 0 Å². The van der Waals surface area contributed by atoms with Crippen molar-refractivity contribution in [1.29, 1.82) is 0 Å². The van der Waals surface area contributed by atoms with Crippen molar-refractivity contribution in [3.63, 3.8) is 0 Å². The van der Waals surface area contributed by atoms with Gasteiger partial charge in [0.1, 0.15) is 6.10 Å². The molecule has 26 heavy (non-hydrogen) atoms. The standard InChI is InChI=1S/C23H38O3/c1-14(2)26-20-7-6-17-16-12-19(25)23(5)13-15(24)8-11-22(23,4)18(16)9-10-21(17,20)3/h15-20,24-25H,1,6-13H2,2-5H3. The summed E-state index contributed by atoms with van der Waals surface area (Å²) >= 11 is 0. The highest BCUT2D eigenvalue weighted by molar-refractivity contribution is 5.15. The third kappa shape index (κ3) is 2.38. The van der Waals surface area contributed by atoms with Gasteiger partial charge in [-0.15, -0.1) is 0 Å². The van der Waals surface area contributed by atoms with Gasteiger partial charge in [-0.05, 0) is 81.5 Å². The van der Waals surface area contributed by atoms with Crippen LogP contribution in [0.2, 0.25) is 0 Å². The fourth-order valence-corrected chi connectivity index (χ4v) is 8.02. The molecule has 2 N–H and O–H groups in total. The minimum absolute atomic E-state index is 0.142. The monoisotopic (exact) mass is 362 g/mol. The van der Waals surface area contributed by atoms with Crippen molar-refractivity contribution in [2.45, 2.75) is 97.4 Å². The van der Waals surface area contributed by atoms with E-state index >= 15 is 0 Å². The van der Waals surface area contributed by atoms with Gasteiger partial charge in [0.15, 0.2) is 0 Å². The molecule has 9 atom stereocenters. The van der Waals surface area contributed by atoms with Gasteiger partial charge in [0, 0.05) is 10.8 Å². The predicted octanol–water partition coefficient (Wildman–Crippen LogP) is 4.67. The Hall–Kier alpha value is -0.540. The van der Waals surface area contributed by atoms with Crippen LogP contribution in [-0.2, 0) is 4.74 Å². The molecule has 9 unspecified atom stereocenters. The first kappa shape index (κ1) is 18.8. The lowest BCUT2D eigenvalue weighted by Gasteiger charge is -2.66. The zero-order valence-electron chi connectivity index (χ0n) is 17.1. The number of aliphatic hydroxyl groups is 2. The first-order valence-electron chi connectivity index (χ1n) is 10.8. The highest BCUT2D eigenvalue weighted by Gasteiger charge is 2.66. The third-order valence-corrected chi connectivity index (χ3v) is 9.70. The SMILES string of the molecule is C=C(C)OC1CCC2C3CC(O)C4(C)CC(O)CCC4(C)C3CCC12C. The first-order valence-corrected chi connectivity index (χ1v) is 10.8. The molecule has 0 saturated heterocycles. The minimum Gasteiger partial charge on any atom is -0.495 e. The van der Waals surface area contributed by atoms with Crippen LogP contribution in [0.3, 0.4) is 0 Å². The molecule has 4 saturated carbocycles. The fourth-order valence-electron chi connectivity index (χ4n) is 8.02. The third-order valence-electron chi connectivity index (χ3n) is 9.70. The fraction of sp³-hybridized carbons (Fsp3) is 0.913. The molecule has 3 nitrogen and oxygen atoms in total. The molecule has 0 heterocycles. The second-order valence-corrected chi connectivity index (χ2v) is 10.8. The van der Waals surface area contributed by atoms with Crippen molar-refractivity contribution in [3.8, 4) is 0 Å². The minimum atomic E-state index is -0.299. The maximum absolute atomic E-state index is 11.2. The molecule has 0 aromatic rings. The van der Waals surface area contributed by atoms with Crippen LogP contribution in [0.25, 0.3) is 0 Å².